The Balaban J connectivity index is 1.85. The monoisotopic (exact) mass is 243 g/mol. The topological polar surface area (TPSA) is 20.3 Å². The third-order valence-electron chi connectivity index (χ3n) is 4.33. The van der Waals surface area contributed by atoms with E-state index in [-0.39, 0.29) is 0 Å². The molecular formula is C16H21NO. The summed E-state index contributed by atoms with van der Waals surface area (Å²) in [6, 6.07) is 8.15. The van der Waals surface area contributed by atoms with Gasteiger partial charge in [0.05, 0.1) is 0 Å². The minimum Gasteiger partial charge on any atom is -0.371 e. The Morgan fingerprint density at radius 3 is 2.72 bits per heavy atom. The first-order valence-electron chi connectivity index (χ1n) is 7.22. The molecule has 2 heteroatoms. The molecule has 0 spiro atoms. The van der Waals surface area contributed by atoms with Gasteiger partial charge in [0.15, 0.2) is 5.78 Å². The number of ketones is 1. The number of hydrogen-bond acceptors (Lipinski definition) is 2. The number of Topliss-reactive ketones (excluding diaryl/α,β-unsaturated/α-hetero) is 1. The molecule has 0 aromatic heterocycles. The van der Waals surface area contributed by atoms with Crippen molar-refractivity contribution in [3.8, 4) is 0 Å². The molecule has 1 heterocycles. The van der Waals surface area contributed by atoms with E-state index in [0.717, 1.165) is 31.0 Å². The van der Waals surface area contributed by atoms with E-state index in [4.69, 9.17) is 0 Å². The van der Waals surface area contributed by atoms with Gasteiger partial charge < -0.3 is 4.90 Å². The summed E-state index contributed by atoms with van der Waals surface area (Å²) in [5.74, 6) is 1.16. The first-order chi connectivity index (χ1) is 8.84. The quantitative estimate of drug-likeness (QED) is 0.790. The van der Waals surface area contributed by atoms with E-state index in [0.29, 0.717) is 12.2 Å². The van der Waals surface area contributed by atoms with Gasteiger partial charge in [-0.25, -0.2) is 0 Å². The summed E-state index contributed by atoms with van der Waals surface area (Å²) in [4.78, 5) is 14.5. The maximum atomic E-state index is 12.1. The van der Waals surface area contributed by atoms with Crippen molar-refractivity contribution in [2.24, 2.45) is 5.92 Å². The number of nitrogens with zero attached hydrogens (tertiary/aromatic N) is 1. The number of fused-ring (bicyclic) bond motifs is 1. The third-order valence-corrected chi connectivity index (χ3v) is 4.33. The molecule has 2 nitrogen and oxygen atoms in total. The number of carbonyl (C=O) groups excluding carboxylic acids is 1. The van der Waals surface area contributed by atoms with Crippen LogP contribution in [0.3, 0.4) is 0 Å². The molecule has 1 aromatic rings. The molecule has 0 unspecified atom stereocenters. The van der Waals surface area contributed by atoms with Crippen molar-refractivity contribution in [2.75, 3.05) is 18.0 Å². The zero-order chi connectivity index (χ0) is 12.4. The lowest BCUT2D eigenvalue weighted by Crippen LogP contribution is -2.29. The fraction of sp³-hybridized carbons (Fsp3) is 0.562. The Kier molecular flexibility index (Phi) is 3.35. The van der Waals surface area contributed by atoms with Crippen LogP contribution in [-0.4, -0.2) is 18.9 Å². The van der Waals surface area contributed by atoms with E-state index >= 15 is 0 Å². The summed E-state index contributed by atoms with van der Waals surface area (Å²) < 4.78 is 0. The highest BCUT2D eigenvalue weighted by atomic mass is 16.1. The lowest BCUT2D eigenvalue weighted by molar-refractivity contribution is 0.0984. The molecule has 1 fully saturated rings. The van der Waals surface area contributed by atoms with Crippen LogP contribution < -0.4 is 4.90 Å². The third kappa shape index (κ3) is 2.29. The van der Waals surface area contributed by atoms with Crippen LogP contribution in [0.2, 0.25) is 0 Å². The van der Waals surface area contributed by atoms with Crippen molar-refractivity contribution in [2.45, 2.75) is 38.5 Å². The van der Waals surface area contributed by atoms with Gasteiger partial charge >= 0.3 is 0 Å². The van der Waals surface area contributed by atoms with Gasteiger partial charge in [-0.2, -0.15) is 0 Å². The van der Waals surface area contributed by atoms with Crippen LogP contribution in [0.25, 0.3) is 0 Å². The average molecular weight is 243 g/mol. The molecule has 0 bridgehead atoms. The van der Waals surface area contributed by atoms with Crippen LogP contribution in [0.4, 0.5) is 5.69 Å². The Morgan fingerprint density at radius 2 is 1.89 bits per heavy atom. The summed E-state index contributed by atoms with van der Waals surface area (Å²) in [5, 5.41) is 0. The number of anilines is 1. The Morgan fingerprint density at radius 1 is 1.11 bits per heavy atom. The van der Waals surface area contributed by atoms with E-state index < -0.39 is 0 Å². The first-order valence-corrected chi connectivity index (χ1v) is 7.22. The largest absolute Gasteiger partial charge is 0.371 e. The standard InChI is InChI=1S/C16H21NO/c18-16-10-5-11-17(12-13-6-1-2-7-13)15-9-4-3-8-14(15)16/h3-4,8-9,13H,1-2,5-7,10-12H2. The molecule has 1 saturated carbocycles. The van der Waals surface area contributed by atoms with E-state index in [1.54, 1.807) is 0 Å². The smallest absolute Gasteiger partial charge is 0.165 e. The SMILES string of the molecule is O=C1CCCN(CC2CCCC2)c2ccccc21. The predicted octanol–water partition coefficient (Wildman–Crippen LogP) is 3.66. The maximum absolute atomic E-state index is 12.1. The normalized spacial score (nSPS) is 20.9. The zero-order valence-corrected chi connectivity index (χ0v) is 10.9. The van der Waals surface area contributed by atoms with Gasteiger partial charge in [0.2, 0.25) is 0 Å². The fourth-order valence-electron chi connectivity index (χ4n) is 3.37. The minimum absolute atomic E-state index is 0.319. The number of para-hydroxylation sites is 1. The Hall–Kier alpha value is -1.31. The summed E-state index contributed by atoms with van der Waals surface area (Å²) in [5.41, 5.74) is 2.11. The molecule has 3 rings (SSSR count). The highest BCUT2D eigenvalue weighted by Crippen LogP contribution is 2.31. The number of hydrogen-bond donors (Lipinski definition) is 0. The minimum atomic E-state index is 0.319. The van der Waals surface area contributed by atoms with Crippen LogP contribution >= 0.6 is 0 Å². The van der Waals surface area contributed by atoms with E-state index in [1.807, 2.05) is 12.1 Å². The lowest BCUT2D eigenvalue weighted by Gasteiger charge is -2.27. The molecule has 0 saturated heterocycles. The van der Waals surface area contributed by atoms with Gasteiger partial charge in [0, 0.05) is 30.8 Å². The second-order valence-corrected chi connectivity index (χ2v) is 5.64. The van der Waals surface area contributed by atoms with Crippen LogP contribution in [0.1, 0.15) is 48.9 Å². The van der Waals surface area contributed by atoms with Crippen LogP contribution in [0, 0.1) is 5.92 Å². The molecule has 18 heavy (non-hydrogen) atoms. The van der Waals surface area contributed by atoms with Gasteiger partial charge in [0.1, 0.15) is 0 Å². The van der Waals surface area contributed by atoms with Crippen molar-refractivity contribution in [3.63, 3.8) is 0 Å². The molecule has 0 amide bonds. The average Bonchev–Trinajstić information content (AvgIpc) is 2.85. The van der Waals surface area contributed by atoms with Crippen LogP contribution in [0.5, 0.6) is 0 Å². The van der Waals surface area contributed by atoms with E-state index in [1.165, 1.54) is 31.4 Å². The first kappa shape index (κ1) is 11.8. The van der Waals surface area contributed by atoms with Crippen LogP contribution in [-0.2, 0) is 0 Å². The van der Waals surface area contributed by atoms with Crippen molar-refractivity contribution in [1.29, 1.82) is 0 Å². The second-order valence-electron chi connectivity index (χ2n) is 5.64. The number of benzene rings is 1. The predicted molar refractivity (Wildman–Crippen MR) is 74.2 cm³/mol. The Labute approximate surface area is 109 Å². The zero-order valence-electron chi connectivity index (χ0n) is 10.9. The highest BCUT2D eigenvalue weighted by Gasteiger charge is 2.24. The number of carbonyl (C=O) groups is 1. The summed E-state index contributed by atoms with van der Waals surface area (Å²) in [6.07, 6.45) is 7.22. The van der Waals surface area contributed by atoms with Gasteiger partial charge in [-0.1, -0.05) is 25.0 Å². The highest BCUT2D eigenvalue weighted by molar-refractivity contribution is 6.01. The summed E-state index contributed by atoms with van der Waals surface area (Å²) in [6.45, 7) is 2.18. The molecule has 0 radical (unpaired) electrons. The van der Waals surface area contributed by atoms with Gasteiger partial charge in [-0.05, 0) is 37.3 Å². The van der Waals surface area contributed by atoms with Crippen molar-refractivity contribution >= 4 is 11.5 Å². The molecule has 2 aliphatic rings. The molecule has 1 aliphatic carbocycles. The van der Waals surface area contributed by atoms with E-state index in [9.17, 15) is 4.79 Å². The molecular weight excluding hydrogens is 222 g/mol. The van der Waals surface area contributed by atoms with Crippen molar-refractivity contribution in [3.05, 3.63) is 29.8 Å². The molecule has 96 valence electrons. The van der Waals surface area contributed by atoms with Crippen molar-refractivity contribution in [1.82, 2.24) is 0 Å². The van der Waals surface area contributed by atoms with Gasteiger partial charge in [0.25, 0.3) is 0 Å². The van der Waals surface area contributed by atoms with Crippen molar-refractivity contribution < 1.29 is 4.79 Å². The maximum Gasteiger partial charge on any atom is 0.165 e. The molecule has 0 atom stereocenters. The van der Waals surface area contributed by atoms with Gasteiger partial charge in [-0.15, -0.1) is 0 Å². The number of rotatable bonds is 2. The molecule has 1 aliphatic heterocycles. The lowest BCUT2D eigenvalue weighted by atomic mass is 10.0. The molecule has 0 N–H and O–H groups in total. The fourth-order valence-corrected chi connectivity index (χ4v) is 3.37. The summed E-state index contributed by atoms with van der Waals surface area (Å²) in [7, 11) is 0. The van der Waals surface area contributed by atoms with E-state index in [2.05, 4.69) is 17.0 Å². The van der Waals surface area contributed by atoms with Gasteiger partial charge in [-0.3, -0.25) is 4.79 Å². The molecule has 1 aromatic carbocycles. The second kappa shape index (κ2) is 5.13. The summed E-state index contributed by atoms with van der Waals surface area (Å²) >= 11 is 0. The Bertz CT molecular complexity index is 434. The van der Waals surface area contributed by atoms with Crippen LogP contribution in [0.15, 0.2) is 24.3 Å².